The number of hydrogen-bond donors (Lipinski definition) is 0. The summed E-state index contributed by atoms with van der Waals surface area (Å²) in [5.41, 5.74) is 0. The highest BCUT2D eigenvalue weighted by atomic mass is 33.1. The number of rotatable bonds is 0. The molecule has 1 aromatic rings. The fraction of sp³-hybridized carbons (Fsp3) is 0.250. The van der Waals surface area contributed by atoms with E-state index in [9.17, 15) is 0 Å². The number of hydrogen-bond acceptors (Lipinski definition) is 3. The van der Waals surface area contributed by atoms with E-state index in [4.69, 9.17) is 0 Å². The molecule has 1 aliphatic rings. The van der Waals surface area contributed by atoms with Crippen LogP contribution in [0.3, 0.4) is 0 Å². The van der Waals surface area contributed by atoms with E-state index in [1.165, 1.54) is 10.2 Å². The molecular weight excluding hydrogens is 192 g/mol. The summed E-state index contributed by atoms with van der Waals surface area (Å²) in [6.07, 6.45) is 0. The summed E-state index contributed by atoms with van der Waals surface area (Å²) in [5.74, 6) is 0. The number of thioether (sulfide) groups is 1. The van der Waals surface area contributed by atoms with Gasteiger partial charge in [0.15, 0.2) is 0 Å². The van der Waals surface area contributed by atoms with Gasteiger partial charge in [0, 0.05) is 0 Å². The monoisotopic (exact) mass is 202 g/mol. The maximum Gasteiger partial charge on any atom is 0.0505 e. The van der Waals surface area contributed by atoms with E-state index >= 15 is 0 Å². The smallest absolute Gasteiger partial charge is 0.0505 e. The van der Waals surface area contributed by atoms with Crippen LogP contribution in [0.4, 0.5) is 0 Å². The molecule has 0 bridgehead atoms. The van der Waals surface area contributed by atoms with Crippen molar-refractivity contribution >= 4 is 33.3 Å². The van der Waals surface area contributed by atoms with Crippen molar-refractivity contribution in [1.82, 2.24) is 0 Å². The molecule has 0 saturated carbocycles. The molecule has 60 valence electrons. The molecule has 2 rings (SSSR count). The second-order valence-corrected chi connectivity index (χ2v) is 6.01. The molecule has 0 unspecified atom stereocenters. The molecule has 0 N–H and O–H groups in total. The second kappa shape index (κ2) is 6.95. The first-order valence-corrected chi connectivity index (χ1v) is 6.96. The van der Waals surface area contributed by atoms with Gasteiger partial charge in [-0.25, -0.2) is 0 Å². The summed E-state index contributed by atoms with van der Waals surface area (Å²) in [6.45, 7) is 0. The maximum atomic E-state index is 2.00. The van der Waals surface area contributed by atoms with E-state index in [2.05, 4.69) is 0 Å². The zero-order valence-corrected chi connectivity index (χ0v) is 8.55. The summed E-state index contributed by atoms with van der Waals surface area (Å²) < 4.78 is 0. The molecule has 1 heterocycles. The van der Waals surface area contributed by atoms with Crippen LogP contribution in [0.1, 0.15) is 0 Å². The minimum absolute atomic E-state index is 1.30. The Hall–Kier alpha value is 0.270. The van der Waals surface area contributed by atoms with E-state index in [1.54, 1.807) is 0 Å². The molecule has 11 heavy (non-hydrogen) atoms. The van der Waals surface area contributed by atoms with Crippen molar-refractivity contribution in [2.75, 3.05) is 10.2 Å². The average molecular weight is 202 g/mol. The lowest BCUT2D eigenvalue weighted by molar-refractivity contribution is 1.72. The normalized spacial score (nSPS) is 15.3. The van der Waals surface area contributed by atoms with Gasteiger partial charge in [-0.2, -0.15) is 0 Å². The Bertz CT molecular complexity index is 126. The Morgan fingerprint density at radius 3 is 1.18 bits per heavy atom. The Kier molecular flexibility index (Phi) is 5.91. The Morgan fingerprint density at radius 2 is 1.00 bits per heavy atom. The molecule has 1 aliphatic heterocycles. The fourth-order valence-corrected chi connectivity index (χ4v) is 4.98. The van der Waals surface area contributed by atoms with Crippen LogP contribution in [0.25, 0.3) is 0 Å². The fourth-order valence-electron chi connectivity index (χ4n) is 0.555. The Balaban J connectivity index is 0.000000112. The topological polar surface area (TPSA) is 0 Å². The molecule has 0 atom stereocenters. The highest BCUT2D eigenvalue weighted by molar-refractivity contribution is 8.82. The molecule has 0 aromatic heterocycles. The third-order valence-corrected chi connectivity index (χ3v) is 5.51. The standard InChI is InChI=1S/C6H6.C2H4S3/c1-2-4-6-5-3-1;1-3-2-5-4-1/h1-6H;1-2H2. The molecule has 0 amide bonds. The lowest BCUT2D eigenvalue weighted by Gasteiger charge is -1.69. The molecule has 0 spiro atoms. The summed E-state index contributed by atoms with van der Waals surface area (Å²) in [4.78, 5) is 0. The van der Waals surface area contributed by atoms with E-state index < -0.39 is 0 Å². The van der Waals surface area contributed by atoms with Crippen molar-refractivity contribution in [2.45, 2.75) is 0 Å². The van der Waals surface area contributed by atoms with Crippen LogP contribution in [-0.2, 0) is 0 Å². The van der Waals surface area contributed by atoms with Crippen molar-refractivity contribution in [3.05, 3.63) is 36.4 Å². The number of benzene rings is 1. The zero-order valence-electron chi connectivity index (χ0n) is 6.10. The highest BCUT2D eigenvalue weighted by Crippen LogP contribution is 2.36. The predicted molar refractivity (Wildman–Crippen MR) is 58.9 cm³/mol. The summed E-state index contributed by atoms with van der Waals surface area (Å²) in [7, 11) is 3.91. The SMILES string of the molecule is C1SCSS1.c1ccccc1. The zero-order chi connectivity index (χ0) is 7.78. The van der Waals surface area contributed by atoms with Crippen LogP contribution in [-0.4, -0.2) is 10.2 Å². The highest BCUT2D eigenvalue weighted by Gasteiger charge is 1.96. The van der Waals surface area contributed by atoms with Crippen LogP contribution in [0, 0.1) is 0 Å². The lowest BCUT2D eigenvalue weighted by atomic mass is 10.4. The van der Waals surface area contributed by atoms with Crippen LogP contribution < -0.4 is 0 Å². The Labute approximate surface area is 79.9 Å². The van der Waals surface area contributed by atoms with Gasteiger partial charge in [-0.1, -0.05) is 58.0 Å². The van der Waals surface area contributed by atoms with Gasteiger partial charge in [-0.3, -0.25) is 0 Å². The van der Waals surface area contributed by atoms with Gasteiger partial charge >= 0.3 is 0 Å². The third-order valence-electron chi connectivity index (χ3n) is 1.01. The quantitative estimate of drug-likeness (QED) is 0.589. The molecule has 0 nitrogen and oxygen atoms in total. The first-order valence-electron chi connectivity index (χ1n) is 3.32. The van der Waals surface area contributed by atoms with Gasteiger partial charge in [0.05, 0.1) is 10.2 Å². The minimum atomic E-state index is 1.30. The molecule has 1 saturated heterocycles. The largest absolute Gasteiger partial charge is 0.138 e. The van der Waals surface area contributed by atoms with Gasteiger partial charge in [0.2, 0.25) is 0 Å². The second-order valence-electron chi connectivity index (χ2n) is 1.83. The molecule has 0 aliphatic carbocycles. The van der Waals surface area contributed by atoms with Crippen molar-refractivity contribution in [3.8, 4) is 0 Å². The predicted octanol–water partition coefficient (Wildman–Crippen LogP) is 3.72. The molecule has 1 aromatic carbocycles. The van der Waals surface area contributed by atoms with Gasteiger partial charge < -0.3 is 0 Å². The van der Waals surface area contributed by atoms with E-state index in [0.717, 1.165) is 0 Å². The van der Waals surface area contributed by atoms with E-state index in [0.29, 0.717) is 0 Å². The van der Waals surface area contributed by atoms with E-state index in [-0.39, 0.29) is 0 Å². The van der Waals surface area contributed by atoms with Crippen LogP contribution in [0.15, 0.2) is 36.4 Å². The molecular formula is C8H10S3. The van der Waals surface area contributed by atoms with E-state index in [1.807, 2.05) is 69.7 Å². The molecule has 1 fully saturated rings. The van der Waals surface area contributed by atoms with Gasteiger partial charge in [-0.05, 0) is 0 Å². The van der Waals surface area contributed by atoms with Crippen LogP contribution in [0.5, 0.6) is 0 Å². The van der Waals surface area contributed by atoms with Crippen LogP contribution in [0.2, 0.25) is 0 Å². The lowest BCUT2D eigenvalue weighted by Crippen LogP contribution is -1.47. The van der Waals surface area contributed by atoms with Gasteiger partial charge in [0.25, 0.3) is 0 Å². The Morgan fingerprint density at radius 1 is 0.636 bits per heavy atom. The molecule has 0 radical (unpaired) electrons. The third kappa shape index (κ3) is 5.53. The van der Waals surface area contributed by atoms with Crippen molar-refractivity contribution in [2.24, 2.45) is 0 Å². The first kappa shape index (κ1) is 9.36. The van der Waals surface area contributed by atoms with Crippen molar-refractivity contribution < 1.29 is 0 Å². The van der Waals surface area contributed by atoms with Gasteiger partial charge in [0.1, 0.15) is 0 Å². The van der Waals surface area contributed by atoms with Crippen molar-refractivity contribution in [3.63, 3.8) is 0 Å². The molecule has 3 heteroatoms. The first-order chi connectivity index (χ1) is 5.50. The average Bonchev–Trinajstić information content (AvgIpc) is 2.64. The van der Waals surface area contributed by atoms with Crippen molar-refractivity contribution in [1.29, 1.82) is 0 Å². The van der Waals surface area contributed by atoms with Crippen LogP contribution >= 0.6 is 33.3 Å². The summed E-state index contributed by atoms with van der Waals surface area (Å²) in [5, 5.41) is 2.59. The summed E-state index contributed by atoms with van der Waals surface area (Å²) >= 11 is 2.00. The minimum Gasteiger partial charge on any atom is -0.138 e. The summed E-state index contributed by atoms with van der Waals surface area (Å²) in [6, 6.07) is 12.0. The van der Waals surface area contributed by atoms with Gasteiger partial charge in [-0.15, -0.1) is 11.8 Å². The maximum absolute atomic E-state index is 2.00.